The molecule has 1 aromatic heterocycles. The summed E-state index contributed by atoms with van der Waals surface area (Å²) in [6.07, 6.45) is 3.30. The van der Waals surface area contributed by atoms with Crippen molar-refractivity contribution in [1.82, 2.24) is 4.57 Å². The number of thiazole rings is 1. The first-order valence-corrected chi connectivity index (χ1v) is 8.00. The number of aromatic nitrogens is 1. The number of benzene rings is 2. The van der Waals surface area contributed by atoms with E-state index in [1.807, 2.05) is 42.5 Å². The van der Waals surface area contributed by atoms with Gasteiger partial charge in [-0.2, -0.15) is 4.99 Å². The highest BCUT2D eigenvalue weighted by atomic mass is 32.1. The molecule has 0 fully saturated rings. The van der Waals surface area contributed by atoms with Crippen LogP contribution in [0.15, 0.2) is 65.7 Å². The molecule has 3 aromatic rings. The fraction of sp³-hybridized carbons (Fsp3) is 0.111. The fourth-order valence-corrected chi connectivity index (χ4v) is 3.37. The van der Waals surface area contributed by atoms with Gasteiger partial charge in [-0.25, -0.2) is 0 Å². The monoisotopic (exact) mass is 308 g/mol. The molecule has 0 spiro atoms. The largest absolute Gasteiger partial charge is 0.317 e. The zero-order chi connectivity index (χ0) is 15.4. The maximum absolute atomic E-state index is 12.1. The first-order valence-electron chi connectivity index (χ1n) is 7.18. The average molecular weight is 308 g/mol. The number of carbonyl (C=O) groups is 1. The number of hydrogen-bond acceptors (Lipinski definition) is 2. The van der Waals surface area contributed by atoms with Gasteiger partial charge < -0.3 is 4.57 Å². The van der Waals surface area contributed by atoms with Gasteiger partial charge in [-0.05, 0) is 30.7 Å². The maximum atomic E-state index is 12.1. The average Bonchev–Trinajstić information content (AvgIpc) is 2.91. The fourth-order valence-electron chi connectivity index (χ4n) is 2.27. The van der Waals surface area contributed by atoms with Gasteiger partial charge in [0.25, 0.3) is 5.91 Å². The van der Waals surface area contributed by atoms with E-state index in [1.165, 1.54) is 6.08 Å². The Balaban J connectivity index is 1.95. The lowest BCUT2D eigenvalue weighted by molar-refractivity contribution is -0.113. The molecular formula is C18H16N2OS. The Bertz CT molecular complexity index is 888. The van der Waals surface area contributed by atoms with Crippen molar-refractivity contribution in [1.29, 1.82) is 0 Å². The summed E-state index contributed by atoms with van der Waals surface area (Å²) < 4.78 is 3.21. The number of nitrogens with zero attached hydrogens (tertiary/aromatic N) is 2. The van der Waals surface area contributed by atoms with Crippen LogP contribution in [0.25, 0.3) is 16.3 Å². The van der Waals surface area contributed by atoms with Crippen LogP contribution in [0.2, 0.25) is 0 Å². The third-order valence-corrected chi connectivity index (χ3v) is 4.39. The van der Waals surface area contributed by atoms with Crippen LogP contribution in [-0.2, 0) is 11.3 Å². The number of carbonyl (C=O) groups excluding carboxylic acids is 1. The highest BCUT2D eigenvalue weighted by molar-refractivity contribution is 7.16. The minimum Gasteiger partial charge on any atom is -0.317 e. The van der Waals surface area contributed by atoms with E-state index in [4.69, 9.17) is 0 Å². The van der Waals surface area contributed by atoms with E-state index >= 15 is 0 Å². The summed E-state index contributed by atoms with van der Waals surface area (Å²) in [6, 6.07) is 17.8. The van der Waals surface area contributed by atoms with Crippen molar-refractivity contribution in [2.45, 2.75) is 13.5 Å². The summed E-state index contributed by atoms with van der Waals surface area (Å²) in [7, 11) is 0. The van der Waals surface area contributed by atoms with Crippen molar-refractivity contribution in [3.63, 3.8) is 0 Å². The van der Waals surface area contributed by atoms with Gasteiger partial charge in [-0.15, -0.1) is 0 Å². The summed E-state index contributed by atoms with van der Waals surface area (Å²) in [5.74, 6) is -0.238. The summed E-state index contributed by atoms with van der Waals surface area (Å²) in [5.41, 5.74) is 2.11. The lowest BCUT2D eigenvalue weighted by Crippen LogP contribution is -2.15. The third-order valence-electron chi connectivity index (χ3n) is 3.33. The first-order chi connectivity index (χ1) is 10.8. The zero-order valence-electron chi connectivity index (χ0n) is 12.3. The smallest absolute Gasteiger partial charge is 0.272 e. The van der Waals surface area contributed by atoms with E-state index in [9.17, 15) is 4.79 Å². The molecule has 0 aliphatic carbocycles. The SMILES string of the molecule is CCn1c(=NC(=O)/C=C/c2ccccc2)sc2ccccc21. The number of fused-ring (bicyclic) bond motifs is 1. The minimum absolute atomic E-state index is 0.238. The normalized spacial score (nSPS) is 12.3. The molecule has 1 amide bonds. The van der Waals surface area contributed by atoms with Gasteiger partial charge in [0.1, 0.15) is 0 Å². The molecule has 3 nitrogen and oxygen atoms in total. The lowest BCUT2D eigenvalue weighted by Gasteiger charge is -1.98. The molecule has 110 valence electrons. The van der Waals surface area contributed by atoms with Gasteiger partial charge >= 0.3 is 0 Å². The first kappa shape index (κ1) is 14.5. The Morgan fingerprint density at radius 3 is 2.64 bits per heavy atom. The molecule has 0 bridgehead atoms. The third kappa shape index (κ3) is 3.07. The second kappa shape index (κ2) is 6.54. The molecule has 3 rings (SSSR count). The zero-order valence-corrected chi connectivity index (χ0v) is 13.1. The predicted molar refractivity (Wildman–Crippen MR) is 91.5 cm³/mol. The van der Waals surface area contributed by atoms with E-state index in [0.717, 1.165) is 27.1 Å². The lowest BCUT2D eigenvalue weighted by atomic mass is 10.2. The van der Waals surface area contributed by atoms with Crippen LogP contribution in [0, 0.1) is 0 Å². The molecule has 0 saturated carbocycles. The summed E-state index contributed by atoms with van der Waals surface area (Å²) in [6.45, 7) is 2.85. The van der Waals surface area contributed by atoms with Crippen LogP contribution in [-0.4, -0.2) is 10.5 Å². The van der Waals surface area contributed by atoms with Crippen molar-refractivity contribution in [3.8, 4) is 0 Å². The number of rotatable bonds is 3. The molecule has 0 radical (unpaired) electrons. The Kier molecular flexibility index (Phi) is 4.30. The second-order valence-corrected chi connectivity index (χ2v) is 5.80. The van der Waals surface area contributed by atoms with Crippen molar-refractivity contribution in [2.75, 3.05) is 0 Å². The molecule has 1 heterocycles. The van der Waals surface area contributed by atoms with E-state index < -0.39 is 0 Å². The van der Waals surface area contributed by atoms with Crippen molar-refractivity contribution in [3.05, 3.63) is 71.0 Å². The van der Waals surface area contributed by atoms with E-state index in [-0.39, 0.29) is 5.91 Å². The van der Waals surface area contributed by atoms with E-state index in [0.29, 0.717) is 0 Å². The summed E-state index contributed by atoms with van der Waals surface area (Å²) in [5, 5.41) is 0. The number of hydrogen-bond donors (Lipinski definition) is 0. The molecule has 0 aliphatic heterocycles. The van der Waals surface area contributed by atoms with Crippen molar-refractivity contribution >= 4 is 33.5 Å². The van der Waals surface area contributed by atoms with Gasteiger partial charge in [0.15, 0.2) is 4.80 Å². The van der Waals surface area contributed by atoms with Gasteiger partial charge in [-0.1, -0.05) is 53.8 Å². The number of para-hydroxylation sites is 1. The molecule has 22 heavy (non-hydrogen) atoms. The van der Waals surface area contributed by atoms with E-state index in [1.54, 1.807) is 17.4 Å². The van der Waals surface area contributed by atoms with Crippen LogP contribution in [0.3, 0.4) is 0 Å². The molecule has 0 aliphatic rings. The molecule has 0 unspecified atom stereocenters. The summed E-state index contributed by atoms with van der Waals surface area (Å²) in [4.78, 5) is 17.1. The summed E-state index contributed by atoms with van der Waals surface area (Å²) >= 11 is 1.54. The Morgan fingerprint density at radius 2 is 1.86 bits per heavy atom. The quantitative estimate of drug-likeness (QED) is 0.676. The van der Waals surface area contributed by atoms with Crippen LogP contribution >= 0.6 is 11.3 Å². The van der Waals surface area contributed by atoms with Gasteiger partial charge in [0.2, 0.25) is 0 Å². The van der Waals surface area contributed by atoms with E-state index in [2.05, 4.69) is 28.6 Å². The highest BCUT2D eigenvalue weighted by Gasteiger charge is 2.04. The molecule has 0 N–H and O–H groups in total. The van der Waals surface area contributed by atoms with Crippen LogP contribution in [0.5, 0.6) is 0 Å². The van der Waals surface area contributed by atoms with Gasteiger partial charge in [0, 0.05) is 12.6 Å². The van der Waals surface area contributed by atoms with Crippen LogP contribution in [0.4, 0.5) is 0 Å². The van der Waals surface area contributed by atoms with Crippen LogP contribution in [0.1, 0.15) is 12.5 Å². The highest BCUT2D eigenvalue weighted by Crippen LogP contribution is 2.16. The van der Waals surface area contributed by atoms with Gasteiger partial charge in [-0.3, -0.25) is 4.79 Å². The molecule has 4 heteroatoms. The van der Waals surface area contributed by atoms with Gasteiger partial charge in [0.05, 0.1) is 10.2 Å². The number of aryl methyl sites for hydroxylation is 1. The molecule has 0 saturated heterocycles. The molecular weight excluding hydrogens is 292 g/mol. The topological polar surface area (TPSA) is 34.4 Å². The van der Waals surface area contributed by atoms with Crippen molar-refractivity contribution < 1.29 is 4.79 Å². The second-order valence-electron chi connectivity index (χ2n) is 4.79. The maximum Gasteiger partial charge on any atom is 0.272 e. The predicted octanol–water partition coefficient (Wildman–Crippen LogP) is 3.86. The Morgan fingerprint density at radius 1 is 1.14 bits per heavy atom. The molecule has 2 aromatic carbocycles. The Labute approximate surface area is 132 Å². The minimum atomic E-state index is -0.238. The van der Waals surface area contributed by atoms with Crippen LogP contribution < -0.4 is 4.80 Å². The van der Waals surface area contributed by atoms with Crippen molar-refractivity contribution in [2.24, 2.45) is 4.99 Å². The molecule has 0 atom stereocenters. The Hall–Kier alpha value is -2.46. The standard InChI is InChI=1S/C18H16N2OS/c1-2-20-15-10-6-7-11-16(15)22-18(20)19-17(21)13-12-14-8-4-3-5-9-14/h3-13H,2H2,1H3/b13-12+,19-18?. The number of amides is 1.